The predicted octanol–water partition coefficient (Wildman–Crippen LogP) is 4.20. The van der Waals surface area contributed by atoms with E-state index in [0.29, 0.717) is 5.92 Å². The molecule has 2 heterocycles. The van der Waals surface area contributed by atoms with Gasteiger partial charge in [0.1, 0.15) is 5.76 Å². The van der Waals surface area contributed by atoms with E-state index in [1.807, 2.05) is 23.7 Å². The van der Waals surface area contributed by atoms with Gasteiger partial charge < -0.3 is 15.1 Å². The number of nitrogens with zero attached hydrogens (tertiary/aromatic N) is 2. The third kappa shape index (κ3) is 6.16. The van der Waals surface area contributed by atoms with Gasteiger partial charge in [0.25, 0.3) is 0 Å². The molecule has 3 rings (SSSR count). The molecule has 2 aromatic heterocycles. The van der Waals surface area contributed by atoms with Crippen LogP contribution in [0.2, 0.25) is 0 Å². The molecule has 1 unspecified atom stereocenters. The molecule has 26 heavy (non-hydrogen) atoms. The number of thiazole rings is 1. The van der Waals surface area contributed by atoms with Crippen molar-refractivity contribution in [1.82, 2.24) is 15.6 Å². The summed E-state index contributed by atoms with van der Waals surface area (Å²) in [4.78, 5) is 9.22. The molecule has 0 aliphatic heterocycles. The van der Waals surface area contributed by atoms with Crippen LogP contribution in [-0.4, -0.2) is 30.6 Å². The summed E-state index contributed by atoms with van der Waals surface area (Å²) in [5, 5.41) is 10.2. The Morgan fingerprint density at radius 1 is 1.35 bits per heavy atom. The smallest absolute Gasteiger partial charge is 0.191 e. The summed E-state index contributed by atoms with van der Waals surface area (Å²) < 4.78 is 5.41. The molecular weight excluding hydrogens is 344 g/mol. The third-order valence-corrected chi connectivity index (χ3v) is 5.93. The Balaban J connectivity index is 1.51. The number of aliphatic imine (C=N–C) groups is 1. The van der Waals surface area contributed by atoms with Crippen molar-refractivity contribution in [2.24, 2.45) is 10.9 Å². The zero-order valence-corrected chi connectivity index (χ0v) is 16.4. The first kappa shape index (κ1) is 19.0. The Kier molecular flexibility index (Phi) is 7.55. The van der Waals surface area contributed by atoms with Crippen molar-refractivity contribution in [3.05, 3.63) is 40.7 Å². The molecule has 0 bridgehead atoms. The monoisotopic (exact) mass is 374 g/mol. The summed E-state index contributed by atoms with van der Waals surface area (Å²) in [5.41, 5.74) is 0. The van der Waals surface area contributed by atoms with Crippen LogP contribution in [-0.2, 0) is 6.42 Å². The van der Waals surface area contributed by atoms with Gasteiger partial charge in [-0.25, -0.2) is 4.98 Å². The highest BCUT2D eigenvalue weighted by molar-refractivity contribution is 7.09. The number of hydrogen-bond acceptors (Lipinski definition) is 4. The van der Waals surface area contributed by atoms with E-state index in [9.17, 15) is 0 Å². The van der Waals surface area contributed by atoms with E-state index in [0.717, 1.165) is 48.7 Å². The average Bonchev–Trinajstić information content (AvgIpc) is 3.38. The molecule has 6 heteroatoms. The molecule has 142 valence electrons. The maximum Gasteiger partial charge on any atom is 0.191 e. The van der Waals surface area contributed by atoms with Crippen LogP contribution in [0.4, 0.5) is 0 Å². The second-order valence-electron chi connectivity index (χ2n) is 7.10. The molecule has 1 saturated carbocycles. The molecule has 0 spiro atoms. The number of aromatic nitrogens is 1. The van der Waals surface area contributed by atoms with Gasteiger partial charge in [0.2, 0.25) is 0 Å². The standard InChI is InChI=1S/C20H30N4OS/c1-16(19-21-11-13-26-19)14-23-20(22-10-9-18-8-5-12-25-18)24-15-17-6-3-2-4-7-17/h5,8,11-13,16-17H,2-4,6-7,9-10,14-15H2,1H3,(H2,22,23,24). The fraction of sp³-hybridized carbons (Fsp3) is 0.600. The van der Waals surface area contributed by atoms with Crippen molar-refractivity contribution in [2.45, 2.75) is 51.4 Å². The second kappa shape index (κ2) is 10.4. The van der Waals surface area contributed by atoms with Gasteiger partial charge in [-0.15, -0.1) is 11.3 Å². The van der Waals surface area contributed by atoms with Crippen LogP contribution in [0.15, 0.2) is 39.4 Å². The van der Waals surface area contributed by atoms with Gasteiger partial charge in [0, 0.05) is 37.0 Å². The molecule has 0 aromatic carbocycles. The quantitative estimate of drug-likeness (QED) is 0.537. The Hall–Kier alpha value is -1.82. The maximum absolute atomic E-state index is 5.41. The summed E-state index contributed by atoms with van der Waals surface area (Å²) in [6.07, 6.45) is 11.2. The number of guanidine groups is 1. The predicted molar refractivity (Wildman–Crippen MR) is 108 cm³/mol. The van der Waals surface area contributed by atoms with Gasteiger partial charge in [-0.3, -0.25) is 4.99 Å². The van der Waals surface area contributed by atoms with Gasteiger partial charge in [-0.2, -0.15) is 0 Å². The zero-order chi connectivity index (χ0) is 18.0. The third-order valence-electron chi connectivity index (χ3n) is 4.92. The molecule has 0 radical (unpaired) electrons. The average molecular weight is 375 g/mol. The second-order valence-corrected chi connectivity index (χ2v) is 8.03. The largest absolute Gasteiger partial charge is 0.469 e. The van der Waals surface area contributed by atoms with Gasteiger partial charge >= 0.3 is 0 Å². The molecule has 0 saturated heterocycles. The summed E-state index contributed by atoms with van der Waals surface area (Å²) >= 11 is 1.70. The first-order valence-corrected chi connectivity index (χ1v) is 10.6. The van der Waals surface area contributed by atoms with E-state index >= 15 is 0 Å². The van der Waals surface area contributed by atoms with Gasteiger partial charge in [0.05, 0.1) is 17.8 Å². The topological polar surface area (TPSA) is 62.5 Å². The lowest BCUT2D eigenvalue weighted by molar-refractivity contribution is 0.355. The molecule has 2 aromatic rings. The van der Waals surface area contributed by atoms with Gasteiger partial charge in [0.15, 0.2) is 5.96 Å². The van der Waals surface area contributed by atoms with E-state index in [-0.39, 0.29) is 0 Å². The lowest BCUT2D eigenvalue weighted by atomic mass is 9.89. The SMILES string of the molecule is CC(CN=C(NCCc1ccco1)NCC1CCCCC1)c1nccs1. The van der Waals surface area contributed by atoms with Crippen molar-refractivity contribution >= 4 is 17.3 Å². The molecule has 1 fully saturated rings. The zero-order valence-electron chi connectivity index (χ0n) is 15.6. The van der Waals surface area contributed by atoms with Crippen molar-refractivity contribution in [3.8, 4) is 0 Å². The number of hydrogen-bond donors (Lipinski definition) is 2. The summed E-state index contributed by atoms with van der Waals surface area (Å²) in [7, 11) is 0. The number of nitrogens with one attached hydrogen (secondary N) is 2. The van der Waals surface area contributed by atoms with E-state index in [4.69, 9.17) is 9.41 Å². The van der Waals surface area contributed by atoms with Crippen molar-refractivity contribution < 1.29 is 4.42 Å². The minimum absolute atomic E-state index is 0.341. The minimum Gasteiger partial charge on any atom is -0.469 e. The van der Waals surface area contributed by atoms with Crippen molar-refractivity contribution in [3.63, 3.8) is 0 Å². The van der Waals surface area contributed by atoms with E-state index in [2.05, 4.69) is 22.5 Å². The van der Waals surface area contributed by atoms with Gasteiger partial charge in [-0.05, 0) is 30.9 Å². The fourth-order valence-corrected chi connectivity index (χ4v) is 4.04. The Bertz CT molecular complexity index is 633. The Morgan fingerprint density at radius 3 is 2.96 bits per heavy atom. The molecule has 1 atom stereocenters. The van der Waals surface area contributed by atoms with Crippen LogP contribution in [0.25, 0.3) is 0 Å². The van der Waals surface area contributed by atoms with Crippen LogP contribution < -0.4 is 10.6 Å². The molecule has 0 amide bonds. The van der Waals surface area contributed by atoms with E-state index in [1.165, 1.54) is 32.1 Å². The van der Waals surface area contributed by atoms with Crippen molar-refractivity contribution in [2.75, 3.05) is 19.6 Å². The number of rotatable bonds is 8. The lowest BCUT2D eigenvalue weighted by Gasteiger charge is -2.23. The molecule has 1 aliphatic rings. The summed E-state index contributed by atoms with van der Waals surface area (Å²) in [5.74, 6) is 3.02. The van der Waals surface area contributed by atoms with E-state index in [1.54, 1.807) is 17.6 Å². The highest BCUT2D eigenvalue weighted by Gasteiger charge is 2.14. The first-order valence-electron chi connectivity index (χ1n) is 9.75. The Labute approximate surface area is 160 Å². The minimum atomic E-state index is 0.341. The highest BCUT2D eigenvalue weighted by atomic mass is 32.1. The maximum atomic E-state index is 5.41. The van der Waals surface area contributed by atoms with Gasteiger partial charge in [-0.1, -0.05) is 26.2 Å². The molecule has 5 nitrogen and oxygen atoms in total. The summed E-state index contributed by atoms with van der Waals surface area (Å²) in [6, 6.07) is 3.94. The van der Waals surface area contributed by atoms with Crippen LogP contribution in [0.1, 0.15) is 55.7 Å². The van der Waals surface area contributed by atoms with Crippen LogP contribution in [0.3, 0.4) is 0 Å². The Morgan fingerprint density at radius 2 is 2.23 bits per heavy atom. The molecule has 2 N–H and O–H groups in total. The normalized spacial score (nSPS) is 17.2. The number of furan rings is 1. The highest BCUT2D eigenvalue weighted by Crippen LogP contribution is 2.22. The van der Waals surface area contributed by atoms with Crippen LogP contribution in [0.5, 0.6) is 0 Å². The van der Waals surface area contributed by atoms with Crippen molar-refractivity contribution in [1.29, 1.82) is 0 Å². The lowest BCUT2D eigenvalue weighted by Crippen LogP contribution is -2.41. The molecule has 1 aliphatic carbocycles. The van der Waals surface area contributed by atoms with E-state index < -0.39 is 0 Å². The fourth-order valence-electron chi connectivity index (χ4n) is 3.35. The van der Waals surface area contributed by atoms with Crippen LogP contribution in [0, 0.1) is 5.92 Å². The summed E-state index contributed by atoms with van der Waals surface area (Å²) in [6.45, 7) is 4.76. The molecular formula is C20H30N4OS. The first-order chi connectivity index (χ1) is 12.8. The van der Waals surface area contributed by atoms with Crippen LogP contribution >= 0.6 is 11.3 Å².